The second-order valence-corrected chi connectivity index (χ2v) is 27.8. The van der Waals surface area contributed by atoms with Crippen LogP contribution in [0.3, 0.4) is 0 Å². The smallest absolute Gasteiger partial charge is 0.419 e. The van der Waals surface area contributed by atoms with Crippen LogP contribution in [0.2, 0.25) is 71.5 Å². The van der Waals surface area contributed by atoms with E-state index in [2.05, 4.69) is 78.1 Å². The average Bonchev–Trinajstić information content (AvgIpc) is 2.62. The lowest BCUT2D eigenvalue weighted by atomic mass is 10.2. The predicted molar refractivity (Wildman–Crippen MR) is 164 cm³/mol. The maximum atomic E-state index is 6.79. The van der Waals surface area contributed by atoms with Gasteiger partial charge in [0.25, 0.3) is 0 Å². The van der Waals surface area contributed by atoms with Crippen LogP contribution in [0.5, 0.6) is 0 Å². The first-order valence-corrected chi connectivity index (χ1v) is 32.2. The fourth-order valence-electron chi connectivity index (χ4n) is 3.40. The quantitative estimate of drug-likeness (QED) is 0.137. The summed E-state index contributed by atoms with van der Waals surface area (Å²) in [5.74, 6) is 0.786. The van der Waals surface area contributed by atoms with E-state index >= 15 is 0 Å². The summed E-state index contributed by atoms with van der Waals surface area (Å²) in [6.07, 6.45) is 0.782. The molecule has 15 heteroatoms. The van der Waals surface area contributed by atoms with Crippen LogP contribution in [0.4, 0.5) is 0 Å². The van der Waals surface area contributed by atoms with Gasteiger partial charge in [-0.15, -0.1) is 0 Å². The molecule has 0 aromatic rings. The number of rotatable bonds is 19. The molecule has 0 rings (SSSR count). The van der Waals surface area contributed by atoms with Gasteiger partial charge in [0.05, 0.1) is 16.0 Å². The third-order valence-electron chi connectivity index (χ3n) is 4.08. The highest BCUT2D eigenvalue weighted by atomic mass is 32.4. The van der Waals surface area contributed by atoms with Gasteiger partial charge in [-0.25, -0.2) is 0 Å². The first kappa shape index (κ1) is 34.0. The highest BCUT2D eigenvalue weighted by Crippen LogP contribution is 2.30. The Hall–Kier alpha value is 1.98. The van der Waals surface area contributed by atoms with Crippen LogP contribution < -0.4 is 0 Å². The maximum Gasteiger partial charge on any atom is 0.479 e. The molecular weight excluding hydrogens is 561 g/mol. The average molecular weight is 611 g/mol. The van der Waals surface area contributed by atoms with E-state index in [0.29, 0.717) is 6.61 Å². The minimum Gasteiger partial charge on any atom is -0.419 e. The molecule has 32 heavy (non-hydrogen) atoms. The van der Waals surface area contributed by atoms with Crippen molar-refractivity contribution in [1.29, 1.82) is 0 Å². The summed E-state index contributed by atoms with van der Waals surface area (Å²) in [5, 5.41) is 0. The molecule has 0 radical (unpaired) electrons. The van der Waals surface area contributed by atoms with Gasteiger partial charge in [0, 0.05) is 11.8 Å². The normalized spacial score (nSPS) is 14.6. The highest BCUT2D eigenvalue weighted by Gasteiger charge is 2.49. The first-order chi connectivity index (χ1) is 14.8. The van der Waals surface area contributed by atoms with E-state index < -0.39 is 59.8 Å². The molecular formula is C17H50O6S2Si7. The molecule has 0 spiro atoms. The lowest BCUT2D eigenvalue weighted by Crippen LogP contribution is -2.61. The van der Waals surface area contributed by atoms with E-state index in [1.165, 1.54) is 0 Å². The van der Waals surface area contributed by atoms with Crippen LogP contribution in [0.15, 0.2) is 0 Å². The number of hydrogen-bond donors (Lipinski definition) is 1. The van der Waals surface area contributed by atoms with Gasteiger partial charge in [-0.1, -0.05) is 0 Å². The van der Waals surface area contributed by atoms with Gasteiger partial charge in [0.15, 0.2) is 51.0 Å². The van der Waals surface area contributed by atoms with Gasteiger partial charge < -0.3 is 25.9 Å². The van der Waals surface area contributed by atoms with Gasteiger partial charge >= 0.3 is 8.80 Å². The molecule has 0 N–H and O–H groups in total. The lowest BCUT2D eigenvalue weighted by Gasteiger charge is -2.45. The van der Waals surface area contributed by atoms with Crippen LogP contribution in [0.25, 0.3) is 0 Å². The summed E-state index contributed by atoms with van der Waals surface area (Å²) < 4.78 is 40.0. The van der Waals surface area contributed by atoms with E-state index in [9.17, 15) is 0 Å². The Labute approximate surface area is 220 Å². The molecule has 0 amide bonds. The van der Waals surface area contributed by atoms with Crippen LogP contribution in [0.1, 0.15) is 6.42 Å². The molecule has 0 aliphatic carbocycles. The molecule has 0 aliphatic rings. The van der Waals surface area contributed by atoms with Crippen molar-refractivity contribution in [1.82, 2.24) is 0 Å². The van der Waals surface area contributed by atoms with Gasteiger partial charge in [-0.05, 0) is 77.6 Å². The molecule has 0 heterocycles. The molecule has 6 nitrogen and oxygen atoms in total. The van der Waals surface area contributed by atoms with Crippen LogP contribution in [-0.2, 0) is 25.9 Å². The van der Waals surface area contributed by atoms with Crippen LogP contribution in [0, 0.1) is 0 Å². The second-order valence-electron chi connectivity index (χ2n) is 9.41. The number of hydrogen-bond acceptors (Lipinski definition) is 8. The Morgan fingerprint density at radius 3 is 1.69 bits per heavy atom. The highest BCUT2D eigenvalue weighted by molar-refractivity contribution is 8.19. The Kier molecular flexibility index (Phi) is 18.5. The van der Waals surface area contributed by atoms with Crippen molar-refractivity contribution in [2.45, 2.75) is 89.8 Å². The van der Waals surface area contributed by atoms with Gasteiger partial charge in [-0.2, -0.15) is 23.8 Å². The zero-order chi connectivity index (χ0) is 24.9. The van der Waals surface area contributed by atoms with Crippen LogP contribution in [-0.4, -0.2) is 93.4 Å². The zero-order valence-corrected chi connectivity index (χ0v) is 32.8. The molecule has 0 saturated carbocycles. The summed E-state index contributed by atoms with van der Waals surface area (Å²) in [6.45, 7) is 22.3. The Morgan fingerprint density at radius 1 is 0.844 bits per heavy atom. The standard InChI is InChI=1S/C17H50O6S2Si7/c1-27(2)19-16(14-25-26)17(20-28(3)4,21-29(5)6)15-18-32(13-11-12-24,22-30(7)8)23-31(9)10/h16,24,27-31H,11-15H2,1-10,26H3. The van der Waals surface area contributed by atoms with Crippen molar-refractivity contribution in [2.24, 2.45) is 0 Å². The van der Waals surface area contributed by atoms with Crippen molar-refractivity contribution in [3.8, 4) is 0 Å². The van der Waals surface area contributed by atoms with Crippen LogP contribution >= 0.6 is 23.8 Å². The van der Waals surface area contributed by atoms with Crippen molar-refractivity contribution in [3.05, 3.63) is 0 Å². The summed E-state index contributed by atoms with van der Waals surface area (Å²) in [6, 6.07) is 0.793. The largest absolute Gasteiger partial charge is 0.479 e. The second kappa shape index (κ2) is 17.4. The van der Waals surface area contributed by atoms with Crippen molar-refractivity contribution in [2.75, 3.05) is 18.1 Å². The molecule has 0 aromatic carbocycles. The van der Waals surface area contributed by atoms with Crippen molar-refractivity contribution >= 4 is 87.2 Å². The molecule has 0 aliphatic heterocycles. The minimum atomic E-state index is -2.86. The predicted octanol–water partition coefficient (Wildman–Crippen LogP) is 2.34. The summed E-state index contributed by atoms with van der Waals surface area (Å²) in [7, 11) is -8.79. The molecule has 0 aromatic heterocycles. The minimum absolute atomic E-state index is 0.134. The van der Waals surface area contributed by atoms with Crippen molar-refractivity contribution in [3.63, 3.8) is 0 Å². The van der Waals surface area contributed by atoms with E-state index in [1.807, 2.05) is 11.2 Å². The van der Waals surface area contributed by atoms with Gasteiger partial charge in [0.1, 0.15) is 6.10 Å². The third-order valence-corrected chi connectivity index (χ3v) is 16.8. The summed E-state index contributed by atoms with van der Waals surface area (Å²) >= 11 is 6.36. The van der Waals surface area contributed by atoms with Gasteiger partial charge in [0.2, 0.25) is 0 Å². The lowest BCUT2D eigenvalue weighted by molar-refractivity contribution is -0.200. The van der Waals surface area contributed by atoms with E-state index in [1.54, 1.807) is 0 Å². The van der Waals surface area contributed by atoms with Crippen molar-refractivity contribution < 1.29 is 25.9 Å². The molecule has 0 saturated heterocycles. The molecule has 0 fully saturated rings. The van der Waals surface area contributed by atoms with E-state index in [-0.39, 0.29) is 6.10 Å². The van der Waals surface area contributed by atoms with E-state index in [4.69, 9.17) is 25.9 Å². The molecule has 0 bridgehead atoms. The zero-order valence-electron chi connectivity index (χ0n) is 22.3. The fourth-order valence-corrected chi connectivity index (χ4v) is 17.9. The monoisotopic (exact) mass is 610 g/mol. The topological polar surface area (TPSA) is 55.4 Å². The SMILES string of the molecule is C[SiH](C)OC(CS[SiH3])C(CO[Si](CCCS)(O[SiH](C)C)O[SiH](C)C)(O[SiH](C)C)O[SiH](C)C. The number of thiol groups is 1. The first-order valence-electron chi connectivity index (χ1n) is 11.9. The molecule has 194 valence electrons. The molecule has 1 atom stereocenters. The maximum absolute atomic E-state index is 6.79. The Balaban J connectivity index is 6.25. The molecule has 1 unspecified atom stereocenters. The van der Waals surface area contributed by atoms with E-state index in [0.717, 1.165) is 33.4 Å². The fraction of sp³-hybridized carbons (Fsp3) is 1.00. The third kappa shape index (κ3) is 13.9. The van der Waals surface area contributed by atoms with Gasteiger partial charge in [-0.3, -0.25) is 0 Å². The summed E-state index contributed by atoms with van der Waals surface area (Å²) in [5.41, 5.74) is 0. The Bertz CT molecular complexity index is 472. The Morgan fingerprint density at radius 2 is 1.34 bits per heavy atom. The summed E-state index contributed by atoms with van der Waals surface area (Å²) in [4.78, 5) is 0.